The Kier molecular flexibility index (Phi) is 3.76. The van der Waals surface area contributed by atoms with Crippen molar-refractivity contribution in [2.45, 2.75) is 43.2 Å². The van der Waals surface area contributed by atoms with Crippen LogP contribution in [0.25, 0.3) is 0 Å². The van der Waals surface area contributed by atoms with Gasteiger partial charge in [-0.15, -0.1) is 11.8 Å². The highest BCUT2D eigenvalue weighted by Crippen LogP contribution is 2.45. The van der Waals surface area contributed by atoms with Gasteiger partial charge in [0.05, 0.1) is 0 Å². The average molecular weight is 305 g/mol. The SMILES string of the molecule is CSc1cc2c(cc1CNC(C1CC1)C1CC1)OCCO2. The number of thioether (sulfide) groups is 1. The largest absolute Gasteiger partial charge is 0.486 e. The maximum atomic E-state index is 5.73. The van der Waals surface area contributed by atoms with Crippen molar-refractivity contribution in [3.63, 3.8) is 0 Å². The topological polar surface area (TPSA) is 30.5 Å². The highest BCUT2D eigenvalue weighted by atomic mass is 32.2. The Hall–Kier alpha value is -0.870. The molecular formula is C17H23NO2S. The van der Waals surface area contributed by atoms with E-state index < -0.39 is 0 Å². The summed E-state index contributed by atoms with van der Waals surface area (Å²) in [6, 6.07) is 5.05. The molecule has 3 nitrogen and oxygen atoms in total. The first kappa shape index (κ1) is 13.8. The van der Waals surface area contributed by atoms with E-state index in [1.165, 1.54) is 36.1 Å². The Balaban J connectivity index is 1.50. The number of hydrogen-bond acceptors (Lipinski definition) is 4. The lowest BCUT2D eigenvalue weighted by Crippen LogP contribution is -2.32. The number of nitrogens with one attached hydrogen (secondary N) is 1. The van der Waals surface area contributed by atoms with Gasteiger partial charge >= 0.3 is 0 Å². The fourth-order valence-corrected chi connectivity index (χ4v) is 3.92. The lowest BCUT2D eigenvalue weighted by atomic mass is 10.1. The second kappa shape index (κ2) is 5.73. The molecule has 1 N–H and O–H groups in total. The summed E-state index contributed by atoms with van der Waals surface area (Å²) in [5.74, 6) is 3.68. The van der Waals surface area contributed by atoms with Gasteiger partial charge in [-0.05, 0) is 61.5 Å². The lowest BCUT2D eigenvalue weighted by Gasteiger charge is -2.22. The minimum atomic E-state index is 0.657. The van der Waals surface area contributed by atoms with Gasteiger partial charge in [-0.1, -0.05) is 0 Å². The molecule has 2 saturated carbocycles. The molecule has 0 atom stereocenters. The van der Waals surface area contributed by atoms with Crippen LogP contribution in [0.2, 0.25) is 0 Å². The quantitative estimate of drug-likeness (QED) is 0.815. The van der Waals surface area contributed by atoms with Crippen molar-refractivity contribution in [2.24, 2.45) is 11.8 Å². The van der Waals surface area contributed by atoms with Crippen LogP contribution in [0, 0.1) is 11.8 Å². The van der Waals surface area contributed by atoms with Crippen LogP contribution >= 0.6 is 11.8 Å². The molecule has 0 aromatic heterocycles. The maximum absolute atomic E-state index is 5.73. The summed E-state index contributed by atoms with van der Waals surface area (Å²) < 4.78 is 11.4. The van der Waals surface area contributed by atoms with Crippen LogP contribution in [0.1, 0.15) is 31.2 Å². The summed E-state index contributed by atoms with van der Waals surface area (Å²) in [5, 5.41) is 3.83. The third-order valence-corrected chi connectivity index (χ3v) is 5.55. The van der Waals surface area contributed by atoms with Crippen molar-refractivity contribution < 1.29 is 9.47 Å². The van der Waals surface area contributed by atoms with Gasteiger partial charge in [0.2, 0.25) is 0 Å². The molecule has 1 heterocycles. The number of rotatable bonds is 6. The molecule has 4 heteroatoms. The molecule has 3 aliphatic rings. The Morgan fingerprint density at radius 1 is 1.10 bits per heavy atom. The van der Waals surface area contributed by atoms with Crippen molar-refractivity contribution >= 4 is 11.8 Å². The third-order valence-electron chi connectivity index (χ3n) is 4.73. The van der Waals surface area contributed by atoms with E-state index in [-0.39, 0.29) is 0 Å². The van der Waals surface area contributed by atoms with Gasteiger partial charge < -0.3 is 14.8 Å². The van der Waals surface area contributed by atoms with Gasteiger partial charge in [-0.3, -0.25) is 0 Å². The van der Waals surface area contributed by atoms with E-state index >= 15 is 0 Å². The fourth-order valence-electron chi connectivity index (χ4n) is 3.30. The molecule has 0 unspecified atom stereocenters. The van der Waals surface area contributed by atoms with Crippen molar-refractivity contribution in [2.75, 3.05) is 19.5 Å². The molecule has 114 valence electrons. The number of ether oxygens (including phenoxy) is 2. The first-order chi connectivity index (χ1) is 10.3. The number of hydrogen-bond donors (Lipinski definition) is 1. The smallest absolute Gasteiger partial charge is 0.162 e. The van der Waals surface area contributed by atoms with Gasteiger partial charge in [0.15, 0.2) is 11.5 Å². The summed E-state index contributed by atoms with van der Waals surface area (Å²) >= 11 is 1.79. The van der Waals surface area contributed by atoms with Crippen molar-refractivity contribution in [1.82, 2.24) is 5.32 Å². The first-order valence-corrected chi connectivity index (χ1v) is 9.27. The zero-order valence-corrected chi connectivity index (χ0v) is 13.4. The second-order valence-corrected chi connectivity index (χ2v) is 7.24. The summed E-state index contributed by atoms with van der Waals surface area (Å²) in [6.45, 7) is 2.26. The molecule has 1 aromatic rings. The zero-order valence-electron chi connectivity index (χ0n) is 12.6. The van der Waals surface area contributed by atoms with Gasteiger partial charge in [-0.2, -0.15) is 0 Å². The molecule has 1 aromatic carbocycles. The highest BCUT2D eigenvalue weighted by molar-refractivity contribution is 7.98. The Morgan fingerprint density at radius 2 is 1.71 bits per heavy atom. The molecule has 4 rings (SSSR count). The summed E-state index contributed by atoms with van der Waals surface area (Å²) in [6.07, 6.45) is 7.82. The van der Waals surface area contributed by atoms with Crippen molar-refractivity contribution in [3.8, 4) is 11.5 Å². The standard InChI is InChI=1S/C17H23NO2S/c1-21-16-9-15-14(19-6-7-20-15)8-13(16)10-18-17(11-2-3-11)12-4-5-12/h8-9,11-12,17-18H,2-7,10H2,1H3. The van der Waals surface area contributed by atoms with Crippen LogP contribution in [0.4, 0.5) is 0 Å². The van der Waals surface area contributed by atoms with Crippen LogP contribution in [0.5, 0.6) is 11.5 Å². The molecule has 21 heavy (non-hydrogen) atoms. The zero-order chi connectivity index (χ0) is 14.2. The van der Waals surface area contributed by atoms with E-state index in [0.717, 1.165) is 35.9 Å². The monoisotopic (exact) mass is 305 g/mol. The fraction of sp³-hybridized carbons (Fsp3) is 0.647. The molecule has 0 bridgehead atoms. The summed E-state index contributed by atoms with van der Waals surface area (Å²) in [7, 11) is 0. The van der Waals surface area contributed by atoms with E-state index in [9.17, 15) is 0 Å². The average Bonchev–Trinajstić information content (AvgIpc) is 3.39. The minimum absolute atomic E-state index is 0.657. The molecule has 1 aliphatic heterocycles. The summed E-state index contributed by atoms with van der Waals surface area (Å²) in [5.41, 5.74) is 1.35. The maximum Gasteiger partial charge on any atom is 0.162 e. The van der Waals surface area contributed by atoms with E-state index in [2.05, 4.69) is 23.7 Å². The predicted molar refractivity (Wildman–Crippen MR) is 85.3 cm³/mol. The van der Waals surface area contributed by atoms with E-state index in [4.69, 9.17) is 9.47 Å². The van der Waals surface area contributed by atoms with Crippen LogP contribution in [0.15, 0.2) is 17.0 Å². The second-order valence-electron chi connectivity index (χ2n) is 6.39. The molecule has 0 saturated heterocycles. The van der Waals surface area contributed by atoms with E-state index in [1.807, 2.05) is 0 Å². The van der Waals surface area contributed by atoms with Gasteiger partial charge in [0.25, 0.3) is 0 Å². The molecule has 0 spiro atoms. The normalized spacial score (nSPS) is 20.9. The lowest BCUT2D eigenvalue weighted by molar-refractivity contribution is 0.171. The first-order valence-electron chi connectivity index (χ1n) is 8.05. The summed E-state index contributed by atoms with van der Waals surface area (Å²) in [4.78, 5) is 1.30. The Morgan fingerprint density at radius 3 is 2.29 bits per heavy atom. The van der Waals surface area contributed by atoms with E-state index in [0.29, 0.717) is 13.2 Å². The number of fused-ring (bicyclic) bond motifs is 1. The van der Waals surface area contributed by atoms with Crippen LogP contribution in [-0.2, 0) is 6.54 Å². The molecule has 0 radical (unpaired) electrons. The minimum Gasteiger partial charge on any atom is -0.486 e. The predicted octanol–water partition coefficient (Wildman–Crippen LogP) is 3.46. The Bertz CT molecular complexity index is 514. The van der Waals surface area contributed by atoms with Gasteiger partial charge in [0.1, 0.15) is 13.2 Å². The number of benzene rings is 1. The molecule has 0 amide bonds. The third kappa shape index (κ3) is 3.02. The van der Waals surface area contributed by atoms with Crippen LogP contribution in [-0.4, -0.2) is 25.5 Å². The van der Waals surface area contributed by atoms with Gasteiger partial charge in [0, 0.05) is 17.5 Å². The molecule has 2 fully saturated rings. The van der Waals surface area contributed by atoms with E-state index in [1.54, 1.807) is 11.8 Å². The Labute approximate surface area is 130 Å². The van der Waals surface area contributed by atoms with Crippen LogP contribution < -0.4 is 14.8 Å². The van der Waals surface area contributed by atoms with Gasteiger partial charge in [-0.25, -0.2) is 0 Å². The van der Waals surface area contributed by atoms with Crippen molar-refractivity contribution in [1.29, 1.82) is 0 Å². The molecular weight excluding hydrogens is 282 g/mol. The van der Waals surface area contributed by atoms with Crippen molar-refractivity contribution in [3.05, 3.63) is 17.7 Å². The van der Waals surface area contributed by atoms with Crippen LogP contribution in [0.3, 0.4) is 0 Å². The highest BCUT2D eigenvalue weighted by Gasteiger charge is 2.41. The molecule has 2 aliphatic carbocycles.